The summed E-state index contributed by atoms with van der Waals surface area (Å²) < 4.78 is 10.8. The molecule has 8 heteroatoms. The Morgan fingerprint density at radius 2 is 1.70 bits per heavy atom. The van der Waals surface area contributed by atoms with Gasteiger partial charge < -0.3 is 24.6 Å². The molecular formula is C22H36N4O4+2. The molecule has 30 heavy (non-hydrogen) atoms. The SMILES string of the molecule is COc1ccc(OC)c(C[NH+]2CC[NH+](CC(=O)NC(=O)NC3CCCCC3)CC2)c1. The molecule has 1 saturated heterocycles. The van der Waals surface area contributed by atoms with Crippen molar-refractivity contribution >= 4 is 11.9 Å². The number of hydrogen-bond donors (Lipinski definition) is 4. The average molecular weight is 421 g/mol. The second-order valence-corrected chi connectivity index (χ2v) is 8.39. The number of nitrogens with one attached hydrogen (secondary N) is 4. The number of ether oxygens (including phenoxy) is 2. The standard InChI is InChI=1S/C22H34N4O4/c1-29-19-8-9-20(30-2)17(14-19)15-25-10-12-26(13-11-25)16-21(27)24-22(28)23-18-6-4-3-5-7-18/h8-9,14,18H,3-7,10-13,15-16H2,1-2H3,(H2,23,24,27,28)/p+2. The van der Waals surface area contributed by atoms with E-state index < -0.39 is 0 Å². The zero-order valence-electron chi connectivity index (χ0n) is 18.2. The molecule has 0 radical (unpaired) electrons. The Morgan fingerprint density at radius 1 is 1.00 bits per heavy atom. The summed E-state index contributed by atoms with van der Waals surface area (Å²) >= 11 is 0. The Balaban J connectivity index is 1.40. The molecule has 1 heterocycles. The van der Waals surface area contributed by atoms with Crippen LogP contribution in [0.15, 0.2) is 18.2 Å². The van der Waals surface area contributed by atoms with Gasteiger partial charge in [-0.2, -0.15) is 0 Å². The van der Waals surface area contributed by atoms with Gasteiger partial charge in [0.1, 0.15) is 44.2 Å². The van der Waals surface area contributed by atoms with Crippen LogP contribution in [0.1, 0.15) is 37.7 Å². The van der Waals surface area contributed by atoms with Gasteiger partial charge in [-0.05, 0) is 31.0 Å². The first-order chi connectivity index (χ1) is 14.6. The third kappa shape index (κ3) is 6.60. The normalized spacial score (nSPS) is 22.2. The van der Waals surface area contributed by atoms with Gasteiger partial charge >= 0.3 is 6.03 Å². The first kappa shape index (κ1) is 22.4. The number of methoxy groups -OCH3 is 2. The van der Waals surface area contributed by atoms with Gasteiger partial charge in [0.25, 0.3) is 5.91 Å². The van der Waals surface area contributed by atoms with Gasteiger partial charge in [0.05, 0.1) is 19.8 Å². The fraction of sp³-hybridized carbons (Fsp3) is 0.636. The van der Waals surface area contributed by atoms with Gasteiger partial charge in [0.2, 0.25) is 0 Å². The number of piperazine rings is 1. The largest absolute Gasteiger partial charge is 0.497 e. The smallest absolute Gasteiger partial charge is 0.321 e. The van der Waals surface area contributed by atoms with E-state index in [1.165, 1.54) is 16.2 Å². The van der Waals surface area contributed by atoms with Crippen molar-refractivity contribution in [3.63, 3.8) is 0 Å². The maximum absolute atomic E-state index is 12.3. The van der Waals surface area contributed by atoms with E-state index in [4.69, 9.17) is 9.47 Å². The Labute approximate surface area is 178 Å². The van der Waals surface area contributed by atoms with E-state index in [-0.39, 0.29) is 18.0 Å². The average Bonchev–Trinajstić information content (AvgIpc) is 2.75. The molecule has 3 rings (SSSR count). The summed E-state index contributed by atoms with van der Waals surface area (Å²) in [6, 6.07) is 5.74. The van der Waals surface area contributed by atoms with Gasteiger partial charge in [0.15, 0.2) is 6.54 Å². The lowest BCUT2D eigenvalue weighted by Crippen LogP contribution is -3.28. The zero-order chi connectivity index (χ0) is 21.3. The molecule has 0 atom stereocenters. The highest BCUT2D eigenvalue weighted by atomic mass is 16.5. The summed E-state index contributed by atoms with van der Waals surface area (Å²) in [7, 11) is 3.35. The number of carbonyl (C=O) groups excluding carboxylic acids is 2. The van der Waals surface area contributed by atoms with Crippen molar-refractivity contribution in [1.29, 1.82) is 0 Å². The van der Waals surface area contributed by atoms with Crippen LogP contribution in [0.2, 0.25) is 0 Å². The van der Waals surface area contributed by atoms with Crippen LogP contribution in [0.4, 0.5) is 4.79 Å². The van der Waals surface area contributed by atoms with Crippen LogP contribution in [-0.2, 0) is 11.3 Å². The predicted molar refractivity (Wildman–Crippen MR) is 113 cm³/mol. The van der Waals surface area contributed by atoms with Crippen LogP contribution in [-0.4, -0.2) is 64.9 Å². The maximum atomic E-state index is 12.3. The minimum absolute atomic E-state index is 0.198. The Kier molecular flexibility index (Phi) is 8.33. The quantitative estimate of drug-likeness (QED) is 0.463. The summed E-state index contributed by atoms with van der Waals surface area (Å²) in [6.45, 7) is 4.95. The van der Waals surface area contributed by atoms with Crippen molar-refractivity contribution in [1.82, 2.24) is 10.6 Å². The maximum Gasteiger partial charge on any atom is 0.321 e. The van der Waals surface area contributed by atoms with E-state index in [2.05, 4.69) is 10.6 Å². The molecule has 8 nitrogen and oxygen atoms in total. The second-order valence-electron chi connectivity index (χ2n) is 8.39. The monoisotopic (exact) mass is 420 g/mol. The number of carbonyl (C=O) groups is 2. The predicted octanol–water partition coefficient (Wildman–Crippen LogP) is -0.854. The van der Waals surface area contributed by atoms with Crippen LogP contribution in [0.5, 0.6) is 11.5 Å². The van der Waals surface area contributed by atoms with Crippen molar-refractivity contribution in [2.24, 2.45) is 0 Å². The topological polar surface area (TPSA) is 85.5 Å². The molecule has 0 aromatic heterocycles. The minimum Gasteiger partial charge on any atom is -0.497 e. The van der Waals surface area contributed by atoms with E-state index in [1.807, 2.05) is 18.2 Å². The van der Waals surface area contributed by atoms with Crippen LogP contribution >= 0.6 is 0 Å². The van der Waals surface area contributed by atoms with E-state index >= 15 is 0 Å². The highest BCUT2D eigenvalue weighted by molar-refractivity contribution is 5.94. The van der Waals surface area contributed by atoms with Crippen molar-refractivity contribution in [3.8, 4) is 11.5 Å². The third-order valence-electron chi connectivity index (χ3n) is 6.20. The molecule has 2 aliphatic rings. The van der Waals surface area contributed by atoms with Crippen molar-refractivity contribution in [2.75, 3.05) is 46.9 Å². The summed E-state index contributed by atoms with van der Waals surface area (Å²) in [5.41, 5.74) is 1.13. The first-order valence-electron chi connectivity index (χ1n) is 11.1. The number of hydrogen-bond acceptors (Lipinski definition) is 4. The van der Waals surface area contributed by atoms with Gasteiger partial charge in [0, 0.05) is 6.04 Å². The highest BCUT2D eigenvalue weighted by Gasteiger charge is 2.26. The van der Waals surface area contributed by atoms with Gasteiger partial charge in [-0.1, -0.05) is 19.3 Å². The lowest BCUT2D eigenvalue weighted by Gasteiger charge is -2.29. The molecule has 3 amide bonds. The fourth-order valence-electron chi connectivity index (χ4n) is 4.47. The summed E-state index contributed by atoms with van der Waals surface area (Å²) in [5.74, 6) is 1.51. The fourth-order valence-corrected chi connectivity index (χ4v) is 4.47. The van der Waals surface area contributed by atoms with Gasteiger partial charge in [-0.25, -0.2) is 4.79 Å². The van der Waals surface area contributed by atoms with Gasteiger partial charge in [-0.3, -0.25) is 10.1 Å². The molecule has 166 valence electrons. The van der Waals surface area contributed by atoms with Crippen LogP contribution in [0.3, 0.4) is 0 Å². The van der Waals surface area contributed by atoms with Gasteiger partial charge in [-0.15, -0.1) is 0 Å². The minimum atomic E-state index is -0.347. The highest BCUT2D eigenvalue weighted by Crippen LogP contribution is 2.23. The third-order valence-corrected chi connectivity index (χ3v) is 6.20. The summed E-state index contributed by atoms with van der Waals surface area (Å²) in [4.78, 5) is 27.0. The molecule has 0 bridgehead atoms. The molecular weight excluding hydrogens is 384 g/mol. The summed E-state index contributed by atoms with van der Waals surface area (Å²) in [5, 5.41) is 5.44. The number of urea groups is 1. The number of rotatable bonds is 7. The Morgan fingerprint density at radius 3 is 2.37 bits per heavy atom. The second kappa shape index (κ2) is 11.2. The van der Waals surface area contributed by atoms with Crippen LogP contribution < -0.4 is 29.9 Å². The number of quaternary nitrogens is 2. The van der Waals surface area contributed by atoms with Crippen molar-refractivity contribution in [2.45, 2.75) is 44.7 Å². The number of amides is 3. The summed E-state index contributed by atoms with van der Waals surface area (Å²) in [6.07, 6.45) is 5.56. The lowest BCUT2D eigenvalue weighted by atomic mass is 9.96. The molecule has 2 fully saturated rings. The zero-order valence-corrected chi connectivity index (χ0v) is 18.2. The van der Waals surface area contributed by atoms with E-state index in [9.17, 15) is 9.59 Å². The van der Waals surface area contributed by atoms with Crippen molar-refractivity contribution < 1.29 is 28.9 Å². The molecule has 0 spiro atoms. The number of imide groups is 1. The Bertz CT molecular complexity index is 713. The molecule has 1 aromatic carbocycles. The number of benzene rings is 1. The molecule has 4 N–H and O–H groups in total. The molecule has 1 aromatic rings. The lowest BCUT2D eigenvalue weighted by molar-refractivity contribution is -1.02. The Hall–Kier alpha value is -2.32. The van der Waals surface area contributed by atoms with Crippen LogP contribution in [0.25, 0.3) is 0 Å². The van der Waals surface area contributed by atoms with E-state index in [1.54, 1.807) is 14.2 Å². The molecule has 1 aliphatic carbocycles. The molecule has 1 aliphatic heterocycles. The van der Waals surface area contributed by atoms with E-state index in [0.29, 0.717) is 6.54 Å². The van der Waals surface area contributed by atoms with Crippen molar-refractivity contribution in [3.05, 3.63) is 23.8 Å². The molecule has 0 unspecified atom stereocenters. The molecule has 1 saturated carbocycles. The van der Waals surface area contributed by atoms with Crippen LogP contribution in [0, 0.1) is 0 Å². The first-order valence-corrected chi connectivity index (χ1v) is 11.1. The van der Waals surface area contributed by atoms with E-state index in [0.717, 1.165) is 75.5 Å².